The van der Waals surface area contributed by atoms with Gasteiger partial charge in [0.2, 0.25) is 0 Å². The number of carbonyl (C=O) groups is 1. The highest BCUT2D eigenvalue weighted by atomic mass is 19.1. The number of pyridine rings is 1. The van der Waals surface area contributed by atoms with Gasteiger partial charge in [0.1, 0.15) is 5.82 Å². The number of fused-ring (bicyclic) bond motifs is 6. The standard InChI is InChI=1S/C26H26FNO/c1-24-8-6-22-19(21(24)4-3-20(24)16-11-17(27)15-28-14-16)13-26(9-10-26)23-12-18(29)5-7-25(22,23)2/h3-5,7,11-12,14-15,19,22H,6,8-10,13H2,1-2H3/t19?,22?,24-,25-/m1/s1. The molecule has 1 aromatic rings. The lowest BCUT2D eigenvalue weighted by Crippen LogP contribution is -2.49. The molecular weight excluding hydrogens is 361 g/mol. The summed E-state index contributed by atoms with van der Waals surface area (Å²) >= 11 is 0. The summed E-state index contributed by atoms with van der Waals surface area (Å²) < 4.78 is 13.9. The molecule has 0 bridgehead atoms. The van der Waals surface area contributed by atoms with Gasteiger partial charge < -0.3 is 0 Å². The van der Waals surface area contributed by atoms with E-state index in [1.807, 2.05) is 6.08 Å². The summed E-state index contributed by atoms with van der Waals surface area (Å²) in [4.78, 5) is 16.3. The normalized spacial score (nSPS) is 38.6. The number of nitrogens with zero attached hydrogens (tertiary/aromatic N) is 1. The van der Waals surface area contributed by atoms with Crippen LogP contribution in [0.4, 0.5) is 4.39 Å². The molecule has 0 radical (unpaired) electrons. The van der Waals surface area contributed by atoms with Crippen molar-refractivity contribution in [2.45, 2.75) is 46.0 Å². The number of ketones is 1. The molecule has 3 saturated carbocycles. The lowest BCUT2D eigenvalue weighted by atomic mass is 9.46. The second kappa shape index (κ2) is 5.44. The number of hydrogen-bond acceptors (Lipinski definition) is 2. The first kappa shape index (κ1) is 17.6. The van der Waals surface area contributed by atoms with E-state index in [1.54, 1.807) is 18.3 Å². The second-order valence-electron chi connectivity index (χ2n) is 10.2. The summed E-state index contributed by atoms with van der Waals surface area (Å²) in [6.45, 7) is 4.70. The zero-order valence-corrected chi connectivity index (χ0v) is 17.0. The topological polar surface area (TPSA) is 30.0 Å². The Kier molecular flexibility index (Phi) is 3.29. The Balaban J connectivity index is 1.41. The quantitative estimate of drug-likeness (QED) is 0.607. The monoisotopic (exact) mass is 387 g/mol. The molecule has 1 spiro atoms. The van der Waals surface area contributed by atoms with Gasteiger partial charge in [0.25, 0.3) is 0 Å². The van der Waals surface area contributed by atoms with Crippen molar-refractivity contribution in [3.05, 3.63) is 71.4 Å². The fourth-order valence-corrected chi connectivity index (χ4v) is 7.21. The fraction of sp³-hybridized carbons (Fsp3) is 0.462. The van der Waals surface area contributed by atoms with Gasteiger partial charge in [-0.15, -0.1) is 0 Å². The third-order valence-corrected chi connectivity index (χ3v) is 8.78. The van der Waals surface area contributed by atoms with Crippen molar-refractivity contribution in [3.63, 3.8) is 0 Å². The Morgan fingerprint density at radius 2 is 1.97 bits per heavy atom. The summed E-state index contributed by atoms with van der Waals surface area (Å²) in [5, 5.41) is 0. The van der Waals surface area contributed by atoms with Crippen molar-refractivity contribution >= 4 is 11.4 Å². The molecule has 2 unspecified atom stereocenters. The first-order chi connectivity index (χ1) is 13.9. The van der Waals surface area contributed by atoms with Crippen LogP contribution in [0.2, 0.25) is 0 Å². The molecule has 0 saturated heterocycles. The molecule has 0 aromatic carbocycles. The van der Waals surface area contributed by atoms with Crippen LogP contribution in [0.25, 0.3) is 5.57 Å². The first-order valence-electron chi connectivity index (χ1n) is 10.9. The third kappa shape index (κ3) is 2.22. The van der Waals surface area contributed by atoms with E-state index in [4.69, 9.17) is 0 Å². The predicted octanol–water partition coefficient (Wildman–Crippen LogP) is 5.83. The van der Waals surface area contributed by atoms with Crippen molar-refractivity contribution in [1.29, 1.82) is 0 Å². The number of aromatic nitrogens is 1. The zero-order chi connectivity index (χ0) is 20.0. The lowest BCUT2D eigenvalue weighted by Gasteiger charge is -2.57. The minimum atomic E-state index is -0.275. The lowest BCUT2D eigenvalue weighted by molar-refractivity contribution is -0.111. The second-order valence-corrected chi connectivity index (χ2v) is 10.2. The molecular formula is C26H26FNO. The van der Waals surface area contributed by atoms with Crippen LogP contribution in [0, 0.1) is 33.9 Å². The number of rotatable bonds is 1. The highest BCUT2D eigenvalue weighted by Gasteiger charge is 2.63. The van der Waals surface area contributed by atoms with Crippen LogP contribution >= 0.6 is 0 Å². The molecule has 6 rings (SSSR count). The van der Waals surface area contributed by atoms with E-state index in [0.717, 1.165) is 24.8 Å². The van der Waals surface area contributed by atoms with Gasteiger partial charge in [0.05, 0.1) is 6.20 Å². The van der Waals surface area contributed by atoms with E-state index in [-0.39, 0.29) is 27.8 Å². The van der Waals surface area contributed by atoms with Gasteiger partial charge in [-0.2, -0.15) is 0 Å². The SMILES string of the molecule is C[C@]12CCC3C(CC4(CC4)C4=CC(=O)C=C[C@@]43C)C1=CC=C2c1cncc(F)c1. The maximum Gasteiger partial charge on any atom is 0.178 e. The van der Waals surface area contributed by atoms with Gasteiger partial charge in [0, 0.05) is 17.0 Å². The van der Waals surface area contributed by atoms with Crippen molar-refractivity contribution in [1.82, 2.24) is 4.98 Å². The molecule has 0 amide bonds. The Bertz CT molecular complexity index is 1070. The van der Waals surface area contributed by atoms with Crippen molar-refractivity contribution in [2.75, 3.05) is 0 Å². The van der Waals surface area contributed by atoms with Crippen LogP contribution in [0.1, 0.15) is 51.5 Å². The molecule has 29 heavy (non-hydrogen) atoms. The van der Waals surface area contributed by atoms with Gasteiger partial charge in [-0.25, -0.2) is 4.39 Å². The van der Waals surface area contributed by atoms with E-state index >= 15 is 0 Å². The molecule has 5 aliphatic carbocycles. The highest BCUT2D eigenvalue weighted by molar-refractivity contribution is 6.01. The molecule has 2 nitrogen and oxygen atoms in total. The molecule has 5 aliphatic rings. The van der Waals surface area contributed by atoms with Crippen LogP contribution in [0.15, 0.2) is 60.0 Å². The molecule has 0 N–H and O–H groups in total. The summed E-state index contributed by atoms with van der Waals surface area (Å²) in [7, 11) is 0. The Hall–Kier alpha value is -2.29. The third-order valence-electron chi connectivity index (χ3n) is 8.78. The van der Waals surface area contributed by atoms with Crippen LogP contribution in [0.5, 0.6) is 0 Å². The Morgan fingerprint density at radius 1 is 1.14 bits per heavy atom. The van der Waals surface area contributed by atoms with Crippen LogP contribution in [-0.4, -0.2) is 10.8 Å². The van der Waals surface area contributed by atoms with Crippen LogP contribution in [0.3, 0.4) is 0 Å². The Labute approximate surface area is 171 Å². The molecule has 1 aromatic heterocycles. The predicted molar refractivity (Wildman–Crippen MR) is 111 cm³/mol. The molecule has 3 fully saturated rings. The minimum absolute atomic E-state index is 0.0152. The van der Waals surface area contributed by atoms with Crippen molar-refractivity contribution < 1.29 is 9.18 Å². The number of carbonyl (C=O) groups excluding carboxylic acids is 1. The average Bonchev–Trinajstić information content (AvgIpc) is 3.36. The molecule has 4 atom stereocenters. The van der Waals surface area contributed by atoms with E-state index in [1.165, 1.54) is 35.8 Å². The van der Waals surface area contributed by atoms with E-state index in [2.05, 4.69) is 37.1 Å². The van der Waals surface area contributed by atoms with Gasteiger partial charge in [-0.3, -0.25) is 9.78 Å². The summed E-state index contributed by atoms with van der Waals surface area (Å²) in [5.41, 5.74) is 5.21. The maximum atomic E-state index is 13.9. The fourth-order valence-electron chi connectivity index (χ4n) is 7.21. The van der Waals surface area contributed by atoms with Gasteiger partial charge >= 0.3 is 0 Å². The Morgan fingerprint density at radius 3 is 2.72 bits per heavy atom. The van der Waals surface area contributed by atoms with E-state index in [0.29, 0.717) is 11.8 Å². The van der Waals surface area contributed by atoms with Gasteiger partial charge in [-0.05, 0) is 78.7 Å². The van der Waals surface area contributed by atoms with Crippen LogP contribution in [-0.2, 0) is 4.79 Å². The summed E-state index contributed by atoms with van der Waals surface area (Å²) in [6.07, 6.45) is 19.3. The number of allylic oxidation sites excluding steroid dienone is 8. The van der Waals surface area contributed by atoms with Gasteiger partial charge in [-0.1, -0.05) is 43.2 Å². The minimum Gasteiger partial charge on any atom is -0.290 e. The summed E-state index contributed by atoms with van der Waals surface area (Å²) in [6, 6.07) is 1.62. The highest BCUT2D eigenvalue weighted by Crippen LogP contribution is 2.73. The largest absolute Gasteiger partial charge is 0.290 e. The molecule has 0 aliphatic heterocycles. The number of halogens is 1. The van der Waals surface area contributed by atoms with Crippen molar-refractivity contribution in [2.24, 2.45) is 28.1 Å². The van der Waals surface area contributed by atoms with E-state index in [9.17, 15) is 9.18 Å². The van der Waals surface area contributed by atoms with E-state index < -0.39 is 0 Å². The molecule has 148 valence electrons. The molecule has 3 heteroatoms. The number of hydrogen-bond donors (Lipinski definition) is 0. The maximum absolute atomic E-state index is 13.9. The molecule has 1 heterocycles. The smallest absolute Gasteiger partial charge is 0.178 e. The summed E-state index contributed by atoms with van der Waals surface area (Å²) in [5.74, 6) is 0.932. The van der Waals surface area contributed by atoms with Gasteiger partial charge in [0.15, 0.2) is 5.78 Å². The van der Waals surface area contributed by atoms with Crippen molar-refractivity contribution in [3.8, 4) is 0 Å². The average molecular weight is 387 g/mol. The van der Waals surface area contributed by atoms with Crippen LogP contribution < -0.4 is 0 Å². The zero-order valence-electron chi connectivity index (χ0n) is 17.0. The first-order valence-corrected chi connectivity index (χ1v) is 10.9.